The zero-order valence-corrected chi connectivity index (χ0v) is 16.0. The van der Waals surface area contributed by atoms with Crippen molar-refractivity contribution in [1.29, 1.82) is 0 Å². The summed E-state index contributed by atoms with van der Waals surface area (Å²) in [6.07, 6.45) is 0. The zero-order valence-electron chi connectivity index (χ0n) is 13.7. The van der Waals surface area contributed by atoms with Crippen LogP contribution < -0.4 is 10.1 Å². The smallest absolute Gasteiger partial charge is 0.341 e. The lowest BCUT2D eigenvalue weighted by atomic mass is 10.1. The number of amides is 1. The first kappa shape index (κ1) is 18.4. The van der Waals surface area contributed by atoms with E-state index in [1.807, 2.05) is 22.9 Å². The Balaban J connectivity index is 1.73. The summed E-state index contributed by atoms with van der Waals surface area (Å²) < 4.78 is 10.3. The number of hydrogen-bond acceptors (Lipinski definition) is 6. The molecule has 8 heteroatoms. The number of esters is 1. The van der Waals surface area contributed by atoms with Crippen molar-refractivity contribution in [3.05, 3.63) is 57.7 Å². The van der Waals surface area contributed by atoms with E-state index in [1.54, 1.807) is 24.3 Å². The quantitative estimate of drug-likeness (QED) is 0.588. The lowest BCUT2D eigenvalue weighted by Crippen LogP contribution is -2.21. The molecule has 5 nitrogen and oxygen atoms in total. The lowest BCUT2D eigenvalue weighted by Gasteiger charge is -2.08. The van der Waals surface area contributed by atoms with Gasteiger partial charge in [0.25, 0.3) is 5.91 Å². The van der Waals surface area contributed by atoms with Gasteiger partial charge in [0.2, 0.25) is 0 Å². The summed E-state index contributed by atoms with van der Waals surface area (Å²) in [6, 6.07) is 10.5. The Morgan fingerprint density at radius 3 is 2.58 bits per heavy atom. The Bertz CT molecular complexity index is 904. The molecule has 134 valence electrons. The van der Waals surface area contributed by atoms with E-state index >= 15 is 0 Å². The molecule has 0 aliphatic carbocycles. The number of carbonyl (C=O) groups excluding carboxylic acids is 2. The molecule has 1 N–H and O–H groups in total. The van der Waals surface area contributed by atoms with Crippen molar-refractivity contribution >= 4 is 51.2 Å². The van der Waals surface area contributed by atoms with Gasteiger partial charge >= 0.3 is 5.97 Å². The van der Waals surface area contributed by atoms with Crippen LogP contribution in [0.15, 0.2) is 47.2 Å². The van der Waals surface area contributed by atoms with E-state index < -0.39 is 5.97 Å². The number of rotatable bonds is 6. The van der Waals surface area contributed by atoms with Crippen molar-refractivity contribution in [2.24, 2.45) is 0 Å². The van der Waals surface area contributed by atoms with Crippen LogP contribution in [0.4, 0.5) is 5.00 Å². The number of anilines is 1. The molecule has 0 aliphatic heterocycles. The molecule has 26 heavy (non-hydrogen) atoms. The molecule has 0 saturated heterocycles. The van der Waals surface area contributed by atoms with Crippen molar-refractivity contribution in [2.75, 3.05) is 19.0 Å². The van der Waals surface area contributed by atoms with E-state index in [0.717, 1.165) is 10.4 Å². The summed E-state index contributed by atoms with van der Waals surface area (Å²) in [5.74, 6) is -0.337. The average molecular weight is 408 g/mol. The molecule has 2 heterocycles. The van der Waals surface area contributed by atoms with Gasteiger partial charge in [-0.2, -0.15) is 0 Å². The topological polar surface area (TPSA) is 64.6 Å². The minimum atomic E-state index is -0.497. The van der Waals surface area contributed by atoms with Crippen LogP contribution in [0.1, 0.15) is 10.4 Å². The molecule has 0 radical (unpaired) electrons. The number of methoxy groups -OCH3 is 1. The number of carbonyl (C=O) groups is 2. The maximum atomic E-state index is 12.2. The minimum absolute atomic E-state index is 0.186. The number of thiophene rings is 2. The van der Waals surface area contributed by atoms with Crippen LogP contribution in [-0.2, 0) is 9.53 Å². The summed E-state index contributed by atoms with van der Waals surface area (Å²) in [5, 5.41) is 7.49. The molecule has 0 aliphatic rings. The van der Waals surface area contributed by atoms with Crippen LogP contribution in [-0.4, -0.2) is 25.6 Å². The van der Waals surface area contributed by atoms with Gasteiger partial charge in [0.15, 0.2) is 6.61 Å². The standard InChI is InChI=1S/C18H14ClNO4S2/c1-23-18(22)16-13(14-3-2-8-25-14)10-26-17(16)20-15(21)9-24-12-6-4-11(19)5-7-12/h2-8,10H,9H2,1H3,(H,20,21). The third-order valence-electron chi connectivity index (χ3n) is 3.40. The molecule has 3 rings (SSSR count). The molecule has 0 fully saturated rings. The van der Waals surface area contributed by atoms with Crippen LogP contribution in [0.3, 0.4) is 0 Å². The second-order valence-electron chi connectivity index (χ2n) is 5.11. The first-order chi connectivity index (χ1) is 12.6. The van der Waals surface area contributed by atoms with Gasteiger partial charge in [0.1, 0.15) is 16.3 Å². The van der Waals surface area contributed by atoms with Gasteiger partial charge in [-0.3, -0.25) is 4.79 Å². The van der Waals surface area contributed by atoms with Gasteiger partial charge in [0.05, 0.1) is 7.11 Å². The average Bonchev–Trinajstić information content (AvgIpc) is 3.30. The molecular formula is C18H14ClNO4S2. The summed E-state index contributed by atoms with van der Waals surface area (Å²) >= 11 is 8.59. The first-order valence-electron chi connectivity index (χ1n) is 7.50. The van der Waals surface area contributed by atoms with Crippen molar-refractivity contribution in [1.82, 2.24) is 0 Å². The summed E-state index contributed by atoms with van der Waals surface area (Å²) in [6.45, 7) is -0.186. The SMILES string of the molecule is COC(=O)c1c(-c2cccs2)csc1NC(=O)COc1ccc(Cl)cc1. The second-order valence-corrected chi connectivity index (χ2v) is 7.38. The fourth-order valence-electron chi connectivity index (χ4n) is 2.21. The fraction of sp³-hybridized carbons (Fsp3) is 0.111. The highest BCUT2D eigenvalue weighted by Crippen LogP contribution is 2.38. The number of halogens is 1. The summed E-state index contributed by atoms with van der Waals surface area (Å²) in [7, 11) is 1.31. The van der Waals surface area contributed by atoms with Crippen molar-refractivity contribution in [3.8, 4) is 16.2 Å². The van der Waals surface area contributed by atoms with Crippen molar-refractivity contribution < 1.29 is 19.1 Å². The van der Waals surface area contributed by atoms with Crippen molar-refractivity contribution in [2.45, 2.75) is 0 Å². The van der Waals surface area contributed by atoms with Crippen molar-refractivity contribution in [3.63, 3.8) is 0 Å². The van der Waals surface area contributed by atoms with Gasteiger partial charge in [-0.05, 0) is 35.7 Å². The molecule has 0 spiro atoms. The predicted molar refractivity (Wildman–Crippen MR) is 105 cm³/mol. The molecule has 1 amide bonds. The normalized spacial score (nSPS) is 10.4. The van der Waals surface area contributed by atoms with Gasteiger partial charge in [-0.25, -0.2) is 4.79 Å². The number of hydrogen-bond donors (Lipinski definition) is 1. The largest absolute Gasteiger partial charge is 0.484 e. The third kappa shape index (κ3) is 4.24. The van der Waals surface area contributed by atoms with Gasteiger partial charge in [-0.1, -0.05) is 17.7 Å². The van der Waals surface area contributed by atoms with E-state index in [0.29, 0.717) is 21.3 Å². The monoisotopic (exact) mass is 407 g/mol. The number of nitrogens with one attached hydrogen (secondary N) is 1. The van der Waals surface area contributed by atoms with Gasteiger partial charge < -0.3 is 14.8 Å². The highest BCUT2D eigenvalue weighted by molar-refractivity contribution is 7.17. The number of benzene rings is 1. The van der Waals surface area contributed by atoms with E-state index in [1.165, 1.54) is 29.8 Å². The van der Waals surface area contributed by atoms with E-state index in [9.17, 15) is 9.59 Å². The lowest BCUT2D eigenvalue weighted by molar-refractivity contribution is -0.118. The highest BCUT2D eigenvalue weighted by atomic mass is 35.5. The van der Waals surface area contributed by atoms with Crippen LogP contribution in [0, 0.1) is 0 Å². The van der Waals surface area contributed by atoms with E-state index in [4.69, 9.17) is 21.1 Å². The molecule has 0 atom stereocenters. The minimum Gasteiger partial charge on any atom is -0.484 e. The Kier molecular flexibility index (Phi) is 5.92. The van der Waals surface area contributed by atoms with Crippen LogP contribution >= 0.6 is 34.3 Å². The Hall–Kier alpha value is -2.35. The Morgan fingerprint density at radius 2 is 1.92 bits per heavy atom. The van der Waals surface area contributed by atoms with Crippen LogP contribution in [0.2, 0.25) is 5.02 Å². The Morgan fingerprint density at radius 1 is 1.15 bits per heavy atom. The number of ether oxygens (including phenoxy) is 2. The summed E-state index contributed by atoms with van der Waals surface area (Å²) in [4.78, 5) is 25.3. The zero-order chi connectivity index (χ0) is 18.5. The molecule has 0 saturated carbocycles. The van der Waals surface area contributed by atoms with E-state index in [-0.39, 0.29) is 12.5 Å². The fourth-order valence-corrected chi connectivity index (χ4v) is 4.12. The maximum Gasteiger partial charge on any atom is 0.341 e. The predicted octanol–water partition coefficient (Wildman–Crippen LogP) is 4.93. The van der Waals surface area contributed by atoms with Gasteiger partial charge in [-0.15, -0.1) is 22.7 Å². The Labute approximate surface area is 163 Å². The highest BCUT2D eigenvalue weighted by Gasteiger charge is 2.22. The van der Waals surface area contributed by atoms with Crippen LogP contribution in [0.25, 0.3) is 10.4 Å². The first-order valence-corrected chi connectivity index (χ1v) is 9.64. The third-order valence-corrected chi connectivity index (χ3v) is 5.45. The molecule has 0 bridgehead atoms. The maximum absolute atomic E-state index is 12.2. The molecule has 3 aromatic rings. The summed E-state index contributed by atoms with van der Waals surface area (Å²) in [5.41, 5.74) is 1.09. The second kappa shape index (κ2) is 8.35. The molecular weight excluding hydrogens is 394 g/mol. The molecule has 0 unspecified atom stereocenters. The molecule has 1 aromatic carbocycles. The molecule has 2 aromatic heterocycles. The van der Waals surface area contributed by atoms with Gasteiger partial charge in [0, 0.05) is 20.8 Å². The van der Waals surface area contributed by atoms with E-state index in [2.05, 4.69) is 5.32 Å². The van der Waals surface area contributed by atoms with Crippen LogP contribution in [0.5, 0.6) is 5.75 Å².